The second-order valence-electron chi connectivity index (χ2n) is 5.32. The molecule has 0 aliphatic carbocycles. The summed E-state index contributed by atoms with van der Waals surface area (Å²) < 4.78 is 11.3. The number of hydrogen-bond donors (Lipinski definition) is 1. The van der Waals surface area contributed by atoms with Gasteiger partial charge in [-0.1, -0.05) is 54.2 Å². The highest BCUT2D eigenvalue weighted by Gasteiger charge is 2.22. The van der Waals surface area contributed by atoms with Crippen molar-refractivity contribution in [3.05, 3.63) is 54.6 Å². The van der Waals surface area contributed by atoms with Gasteiger partial charge < -0.3 is 14.3 Å². The normalized spacial score (nSPS) is 11.9. The molecule has 3 rings (SSSR count). The molecule has 25 heavy (non-hydrogen) atoms. The molecule has 0 amide bonds. The lowest BCUT2D eigenvalue weighted by molar-refractivity contribution is -0.136. The zero-order valence-electron chi connectivity index (χ0n) is 13.8. The van der Waals surface area contributed by atoms with Crippen molar-refractivity contribution in [3.8, 4) is 28.3 Å². The van der Waals surface area contributed by atoms with Crippen LogP contribution in [0.3, 0.4) is 0 Å². The Kier molecular flexibility index (Phi) is 5.09. The molecule has 6 heteroatoms. The summed E-state index contributed by atoms with van der Waals surface area (Å²) >= 11 is 1.07. The third kappa shape index (κ3) is 3.69. The van der Waals surface area contributed by atoms with E-state index in [1.165, 1.54) is 0 Å². The molecule has 3 aromatic rings. The number of methoxy groups -OCH3 is 1. The number of hydrogen-bond acceptors (Lipinski definition) is 5. The summed E-state index contributed by atoms with van der Waals surface area (Å²) in [6, 6.07) is 17.1. The van der Waals surface area contributed by atoms with E-state index in [1.54, 1.807) is 14.0 Å². The topological polar surface area (TPSA) is 72.6 Å². The van der Waals surface area contributed by atoms with Gasteiger partial charge in [-0.15, -0.1) is 0 Å². The Morgan fingerprint density at radius 1 is 1.16 bits per heavy atom. The van der Waals surface area contributed by atoms with Crippen LogP contribution in [0.25, 0.3) is 22.6 Å². The lowest BCUT2D eigenvalue weighted by Crippen LogP contribution is -2.10. The Balaban J connectivity index is 2.12. The molecule has 0 bridgehead atoms. The van der Waals surface area contributed by atoms with Crippen LogP contribution in [-0.4, -0.2) is 28.4 Å². The second-order valence-corrected chi connectivity index (χ2v) is 6.61. The van der Waals surface area contributed by atoms with E-state index in [1.807, 2.05) is 54.6 Å². The zero-order valence-corrected chi connectivity index (χ0v) is 14.6. The fraction of sp³-hybridized carbons (Fsp3) is 0.158. The minimum atomic E-state index is -0.914. The summed E-state index contributed by atoms with van der Waals surface area (Å²) in [4.78, 5) is 15.7. The number of aliphatic carboxylic acids is 1. The SMILES string of the molecule is COc1ccccc1-c1nc(SC(C)C(=O)O)oc1-c1ccccc1. The maximum atomic E-state index is 11.1. The van der Waals surface area contributed by atoms with E-state index < -0.39 is 11.2 Å². The number of nitrogens with zero attached hydrogens (tertiary/aromatic N) is 1. The predicted octanol–water partition coefficient (Wildman–Crippen LogP) is 4.58. The Morgan fingerprint density at radius 2 is 1.84 bits per heavy atom. The van der Waals surface area contributed by atoms with Gasteiger partial charge in [-0.05, 0) is 19.1 Å². The Hall–Kier alpha value is -2.73. The molecular weight excluding hydrogens is 338 g/mol. The predicted molar refractivity (Wildman–Crippen MR) is 96.9 cm³/mol. The largest absolute Gasteiger partial charge is 0.496 e. The average molecular weight is 355 g/mol. The van der Waals surface area contributed by atoms with Crippen LogP contribution in [0.15, 0.2) is 64.2 Å². The third-order valence-electron chi connectivity index (χ3n) is 3.63. The summed E-state index contributed by atoms with van der Waals surface area (Å²) in [5.74, 6) is 0.351. The van der Waals surface area contributed by atoms with Gasteiger partial charge in [0.1, 0.15) is 16.7 Å². The van der Waals surface area contributed by atoms with E-state index in [0.717, 1.165) is 22.9 Å². The maximum Gasteiger partial charge on any atom is 0.316 e. The molecule has 1 heterocycles. The van der Waals surface area contributed by atoms with Gasteiger partial charge >= 0.3 is 5.97 Å². The van der Waals surface area contributed by atoms with E-state index in [-0.39, 0.29) is 0 Å². The van der Waals surface area contributed by atoms with Gasteiger partial charge in [0, 0.05) is 11.1 Å². The van der Waals surface area contributed by atoms with Gasteiger partial charge in [0.25, 0.3) is 5.22 Å². The van der Waals surface area contributed by atoms with Crippen LogP contribution in [-0.2, 0) is 4.79 Å². The van der Waals surface area contributed by atoms with Crippen LogP contribution < -0.4 is 4.74 Å². The summed E-state index contributed by atoms with van der Waals surface area (Å²) in [5.41, 5.74) is 2.29. The van der Waals surface area contributed by atoms with E-state index in [0.29, 0.717) is 22.4 Å². The van der Waals surface area contributed by atoms with Crippen LogP contribution >= 0.6 is 11.8 Å². The number of para-hydroxylation sites is 1. The van der Waals surface area contributed by atoms with Gasteiger partial charge in [-0.3, -0.25) is 4.79 Å². The third-order valence-corrected chi connectivity index (χ3v) is 4.56. The number of thioether (sulfide) groups is 1. The van der Waals surface area contributed by atoms with Crippen molar-refractivity contribution in [2.75, 3.05) is 7.11 Å². The average Bonchev–Trinajstić information content (AvgIpc) is 3.06. The van der Waals surface area contributed by atoms with Crippen molar-refractivity contribution < 1.29 is 19.1 Å². The Labute approximate surface area is 149 Å². The molecule has 0 aliphatic heterocycles. The highest BCUT2D eigenvalue weighted by atomic mass is 32.2. The van der Waals surface area contributed by atoms with Crippen molar-refractivity contribution in [2.24, 2.45) is 0 Å². The van der Waals surface area contributed by atoms with Gasteiger partial charge in [-0.25, -0.2) is 4.98 Å². The second kappa shape index (κ2) is 7.44. The summed E-state index contributed by atoms with van der Waals surface area (Å²) in [6.45, 7) is 1.60. The zero-order chi connectivity index (χ0) is 17.8. The Bertz CT molecular complexity index is 876. The fourth-order valence-corrected chi connectivity index (χ4v) is 3.04. The van der Waals surface area contributed by atoms with Crippen molar-refractivity contribution in [2.45, 2.75) is 17.4 Å². The summed E-state index contributed by atoms with van der Waals surface area (Å²) in [7, 11) is 1.60. The van der Waals surface area contributed by atoms with Gasteiger partial charge in [-0.2, -0.15) is 0 Å². The van der Waals surface area contributed by atoms with Crippen LogP contribution in [0.2, 0.25) is 0 Å². The van der Waals surface area contributed by atoms with Crippen LogP contribution in [0.4, 0.5) is 0 Å². The molecule has 0 saturated heterocycles. The highest BCUT2D eigenvalue weighted by molar-refractivity contribution is 8.00. The summed E-state index contributed by atoms with van der Waals surface area (Å²) in [6.07, 6.45) is 0. The van der Waals surface area contributed by atoms with Crippen LogP contribution in [0.5, 0.6) is 5.75 Å². The molecule has 1 atom stereocenters. The lowest BCUT2D eigenvalue weighted by atomic mass is 10.1. The first kappa shape index (κ1) is 17.1. The fourth-order valence-electron chi connectivity index (χ4n) is 2.36. The molecule has 0 saturated carbocycles. The summed E-state index contributed by atoms with van der Waals surface area (Å²) in [5, 5.41) is 8.78. The van der Waals surface area contributed by atoms with Crippen molar-refractivity contribution >= 4 is 17.7 Å². The van der Waals surface area contributed by atoms with Crippen molar-refractivity contribution in [3.63, 3.8) is 0 Å². The Morgan fingerprint density at radius 3 is 2.52 bits per heavy atom. The number of carboxylic acid groups (broad SMARTS) is 1. The molecule has 0 radical (unpaired) electrons. The quantitative estimate of drug-likeness (QED) is 0.652. The molecule has 5 nitrogen and oxygen atoms in total. The first-order valence-corrected chi connectivity index (χ1v) is 8.57. The minimum Gasteiger partial charge on any atom is -0.496 e. The molecule has 1 aromatic heterocycles. The molecular formula is C19H17NO4S. The molecule has 1 unspecified atom stereocenters. The number of oxazole rings is 1. The van der Waals surface area contributed by atoms with Gasteiger partial charge in [0.15, 0.2) is 5.76 Å². The number of aromatic nitrogens is 1. The van der Waals surface area contributed by atoms with E-state index in [2.05, 4.69) is 4.98 Å². The number of carboxylic acids is 1. The van der Waals surface area contributed by atoms with Gasteiger partial charge in [0.05, 0.1) is 7.11 Å². The smallest absolute Gasteiger partial charge is 0.316 e. The van der Waals surface area contributed by atoms with E-state index >= 15 is 0 Å². The number of rotatable bonds is 6. The highest BCUT2D eigenvalue weighted by Crippen LogP contribution is 2.39. The molecule has 0 spiro atoms. The van der Waals surface area contributed by atoms with E-state index in [9.17, 15) is 4.79 Å². The standard InChI is InChI=1S/C19H17NO4S/c1-12(18(21)22)25-19-20-16(14-10-6-7-11-15(14)23-2)17(24-19)13-8-4-3-5-9-13/h3-12H,1-2H3,(H,21,22). The maximum absolute atomic E-state index is 11.1. The van der Waals surface area contributed by atoms with Crippen LogP contribution in [0, 0.1) is 0 Å². The first-order valence-electron chi connectivity index (χ1n) is 7.69. The molecule has 1 N–H and O–H groups in total. The van der Waals surface area contributed by atoms with E-state index in [4.69, 9.17) is 14.3 Å². The first-order chi connectivity index (χ1) is 12.1. The number of carbonyl (C=O) groups is 1. The minimum absolute atomic E-state index is 0.314. The van der Waals surface area contributed by atoms with Crippen molar-refractivity contribution in [1.29, 1.82) is 0 Å². The molecule has 0 fully saturated rings. The van der Waals surface area contributed by atoms with Crippen molar-refractivity contribution in [1.82, 2.24) is 4.98 Å². The lowest BCUT2D eigenvalue weighted by Gasteiger charge is -2.07. The molecule has 2 aromatic carbocycles. The monoisotopic (exact) mass is 355 g/mol. The molecule has 0 aliphatic rings. The number of ether oxygens (including phenoxy) is 1. The number of benzene rings is 2. The molecule has 128 valence electrons. The van der Waals surface area contributed by atoms with Crippen LogP contribution in [0.1, 0.15) is 6.92 Å². The van der Waals surface area contributed by atoms with Gasteiger partial charge in [0.2, 0.25) is 0 Å².